The van der Waals surface area contributed by atoms with E-state index in [1.54, 1.807) is 17.0 Å². The molecule has 9 heteroatoms. The summed E-state index contributed by atoms with van der Waals surface area (Å²) in [6.07, 6.45) is 3.63. The van der Waals surface area contributed by atoms with Gasteiger partial charge in [0.05, 0.1) is 26.7 Å². The average molecular weight is 533 g/mol. The van der Waals surface area contributed by atoms with Crippen LogP contribution in [-0.4, -0.2) is 67.2 Å². The molecule has 0 spiro atoms. The summed E-state index contributed by atoms with van der Waals surface area (Å²) in [5.74, 6) is -3.98. The fourth-order valence-electron chi connectivity index (χ4n) is 5.24. The number of aliphatic carboxylic acids is 1. The van der Waals surface area contributed by atoms with Crippen LogP contribution in [0.4, 0.5) is 8.78 Å². The van der Waals surface area contributed by atoms with E-state index in [1.165, 1.54) is 38.5 Å². The van der Waals surface area contributed by atoms with Gasteiger partial charge in [-0.25, -0.2) is 8.78 Å². The standard InChI is InChI=1S/C29H38F2N2O5/c1-5-7-13-32(14-8-6-2)26(34)18-33-17-21(19-9-11-24(37-3)22(30)15-19)27(29(35)36)28(33)20-10-12-25(38-4)23(31)16-20/h9-12,15-16,21,27-28H,5-8,13-14,17-18H2,1-4H3,(H,35,36). The van der Waals surface area contributed by atoms with Gasteiger partial charge in [0.2, 0.25) is 5.91 Å². The normalized spacial score (nSPS) is 19.4. The molecular weight excluding hydrogens is 494 g/mol. The lowest BCUT2D eigenvalue weighted by molar-refractivity contribution is -0.144. The monoisotopic (exact) mass is 532 g/mol. The Kier molecular flexibility index (Phi) is 10.5. The second-order valence-electron chi connectivity index (χ2n) is 9.72. The molecule has 1 saturated heterocycles. The van der Waals surface area contributed by atoms with E-state index in [0.717, 1.165) is 25.7 Å². The summed E-state index contributed by atoms with van der Waals surface area (Å²) < 4.78 is 39.4. The predicted octanol–water partition coefficient (Wildman–Crippen LogP) is 5.25. The largest absolute Gasteiger partial charge is 0.494 e. The number of likely N-dealkylation sites (tertiary alicyclic amines) is 1. The van der Waals surface area contributed by atoms with Crippen LogP contribution in [-0.2, 0) is 9.59 Å². The molecule has 2 aromatic carbocycles. The van der Waals surface area contributed by atoms with Crippen molar-refractivity contribution in [2.45, 2.75) is 51.5 Å². The second-order valence-corrected chi connectivity index (χ2v) is 9.72. The van der Waals surface area contributed by atoms with Gasteiger partial charge in [-0.15, -0.1) is 0 Å². The molecule has 3 unspecified atom stereocenters. The number of carboxylic acid groups (broad SMARTS) is 1. The maximum Gasteiger partial charge on any atom is 0.309 e. The zero-order chi connectivity index (χ0) is 27.8. The molecule has 1 fully saturated rings. The van der Waals surface area contributed by atoms with Crippen LogP contribution < -0.4 is 9.47 Å². The molecule has 0 radical (unpaired) electrons. The van der Waals surface area contributed by atoms with Crippen molar-refractivity contribution >= 4 is 11.9 Å². The Labute approximate surface area is 223 Å². The minimum Gasteiger partial charge on any atom is -0.494 e. The number of amides is 1. The van der Waals surface area contributed by atoms with Gasteiger partial charge in [0.1, 0.15) is 0 Å². The van der Waals surface area contributed by atoms with Gasteiger partial charge in [-0.2, -0.15) is 0 Å². The van der Waals surface area contributed by atoms with Gasteiger partial charge in [-0.3, -0.25) is 14.5 Å². The fraction of sp³-hybridized carbons (Fsp3) is 0.517. The van der Waals surface area contributed by atoms with E-state index >= 15 is 0 Å². The molecule has 1 aliphatic heterocycles. The Morgan fingerprint density at radius 3 is 1.95 bits per heavy atom. The molecule has 1 amide bonds. The number of benzene rings is 2. The molecule has 0 bridgehead atoms. The molecule has 38 heavy (non-hydrogen) atoms. The number of carboxylic acids is 1. The predicted molar refractivity (Wildman–Crippen MR) is 140 cm³/mol. The summed E-state index contributed by atoms with van der Waals surface area (Å²) >= 11 is 0. The number of hydrogen-bond donors (Lipinski definition) is 1. The second kappa shape index (κ2) is 13.6. The number of halogens is 2. The summed E-state index contributed by atoms with van der Waals surface area (Å²) in [4.78, 5) is 29.8. The third-order valence-corrected chi connectivity index (χ3v) is 7.26. The van der Waals surface area contributed by atoms with Gasteiger partial charge >= 0.3 is 5.97 Å². The smallest absolute Gasteiger partial charge is 0.309 e. The number of ether oxygens (including phenoxy) is 2. The number of unbranched alkanes of at least 4 members (excludes halogenated alkanes) is 2. The van der Waals surface area contributed by atoms with Gasteiger partial charge in [0, 0.05) is 31.6 Å². The fourth-order valence-corrected chi connectivity index (χ4v) is 5.24. The first-order valence-corrected chi connectivity index (χ1v) is 13.2. The molecule has 2 aromatic rings. The van der Waals surface area contributed by atoms with E-state index in [4.69, 9.17) is 9.47 Å². The zero-order valence-corrected chi connectivity index (χ0v) is 22.6. The Morgan fingerprint density at radius 1 is 0.947 bits per heavy atom. The highest BCUT2D eigenvalue weighted by Gasteiger charge is 2.48. The number of hydrogen-bond acceptors (Lipinski definition) is 5. The van der Waals surface area contributed by atoms with Crippen molar-refractivity contribution in [3.63, 3.8) is 0 Å². The molecule has 0 aliphatic carbocycles. The number of carbonyl (C=O) groups is 2. The lowest BCUT2D eigenvalue weighted by Gasteiger charge is -2.30. The van der Waals surface area contributed by atoms with Crippen LogP contribution in [0.2, 0.25) is 0 Å². The summed E-state index contributed by atoms with van der Waals surface area (Å²) in [5.41, 5.74) is 0.909. The van der Waals surface area contributed by atoms with Crippen LogP contribution in [0.25, 0.3) is 0 Å². The first-order valence-electron chi connectivity index (χ1n) is 13.2. The topological polar surface area (TPSA) is 79.3 Å². The third-order valence-electron chi connectivity index (χ3n) is 7.26. The Balaban J connectivity index is 2.03. The summed E-state index contributed by atoms with van der Waals surface area (Å²) in [5, 5.41) is 10.4. The maximum absolute atomic E-state index is 14.8. The van der Waals surface area contributed by atoms with Gasteiger partial charge in [-0.1, -0.05) is 38.8 Å². The van der Waals surface area contributed by atoms with Crippen molar-refractivity contribution < 1.29 is 33.0 Å². The van der Waals surface area contributed by atoms with Crippen LogP contribution >= 0.6 is 0 Å². The molecule has 1 heterocycles. The van der Waals surface area contributed by atoms with E-state index in [2.05, 4.69) is 13.8 Å². The lowest BCUT2D eigenvalue weighted by atomic mass is 9.82. The van der Waals surface area contributed by atoms with Crippen molar-refractivity contribution in [2.24, 2.45) is 5.92 Å². The van der Waals surface area contributed by atoms with Crippen LogP contribution in [0.15, 0.2) is 36.4 Å². The Morgan fingerprint density at radius 2 is 1.47 bits per heavy atom. The van der Waals surface area contributed by atoms with Crippen LogP contribution in [0.1, 0.15) is 62.6 Å². The van der Waals surface area contributed by atoms with Gasteiger partial charge in [0.15, 0.2) is 23.1 Å². The minimum absolute atomic E-state index is 0.0232. The molecular formula is C29H38F2N2O5. The minimum atomic E-state index is -1.10. The summed E-state index contributed by atoms with van der Waals surface area (Å²) in [7, 11) is 2.71. The van der Waals surface area contributed by atoms with E-state index in [0.29, 0.717) is 24.2 Å². The maximum atomic E-state index is 14.8. The third kappa shape index (κ3) is 6.62. The highest BCUT2D eigenvalue weighted by molar-refractivity contribution is 5.79. The molecule has 0 saturated carbocycles. The number of nitrogens with zero attached hydrogens (tertiary/aromatic N) is 2. The highest BCUT2D eigenvalue weighted by atomic mass is 19.1. The van der Waals surface area contributed by atoms with Crippen LogP contribution in [0.5, 0.6) is 11.5 Å². The molecule has 1 N–H and O–H groups in total. The van der Waals surface area contributed by atoms with E-state index in [-0.39, 0.29) is 30.5 Å². The number of rotatable bonds is 13. The number of carbonyl (C=O) groups excluding carboxylic acids is 1. The highest BCUT2D eigenvalue weighted by Crippen LogP contribution is 2.46. The van der Waals surface area contributed by atoms with E-state index < -0.39 is 35.5 Å². The van der Waals surface area contributed by atoms with Crippen LogP contribution in [0, 0.1) is 17.6 Å². The van der Waals surface area contributed by atoms with Gasteiger partial charge in [-0.05, 0) is 48.2 Å². The van der Waals surface area contributed by atoms with Crippen molar-refractivity contribution in [3.8, 4) is 11.5 Å². The average Bonchev–Trinajstić information content (AvgIpc) is 3.27. The van der Waals surface area contributed by atoms with Crippen molar-refractivity contribution in [3.05, 3.63) is 59.2 Å². The van der Waals surface area contributed by atoms with Gasteiger partial charge < -0.3 is 19.5 Å². The van der Waals surface area contributed by atoms with E-state index in [9.17, 15) is 23.5 Å². The van der Waals surface area contributed by atoms with Crippen molar-refractivity contribution in [1.29, 1.82) is 0 Å². The lowest BCUT2D eigenvalue weighted by Crippen LogP contribution is -2.42. The molecule has 208 valence electrons. The quantitative estimate of drug-likeness (QED) is 0.380. The first kappa shape index (κ1) is 29.4. The summed E-state index contributed by atoms with van der Waals surface area (Å²) in [6, 6.07) is 7.95. The Hall–Kier alpha value is -3.20. The molecule has 1 aliphatic rings. The van der Waals surface area contributed by atoms with Gasteiger partial charge in [0.25, 0.3) is 0 Å². The molecule has 3 atom stereocenters. The zero-order valence-electron chi connectivity index (χ0n) is 22.6. The van der Waals surface area contributed by atoms with Crippen molar-refractivity contribution in [1.82, 2.24) is 9.80 Å². The first-order chi connectivity index (χ1) is 18.2. The number of methoxy groups -OCH3 is 2. The summed E-state index contributed by atoms with van der Waals surface area (Å²) in [6.45, 7) is 5.55. The Bertz CT molecular complexity index is 1100. The molecule has 0 aromatic heterocycles. The van der Waals surface area contributed by atoms with Crippen LogP contribution in [0.3, 0.4) is 0 Å². The van der Waals surface area contributed by atoms with Crippen molar-refractivity contribution in [2.75, 3.05) is 40.4 Å². The van der Waals surface area contributed by atoms with E-state index in [1.807, 2.05) is 4.90 Å². The molecule has 3 rings (SSSR count). The molecule has 7 nitrogen and oxygen atoms in total. The SMILES string of the molecule is CCCCN(CCCC)C(=O)CN1CC(c2ccc(OC)c(F)c2)C(C(=O)O)C1c1ccc(OC)c(F)c1.